The lowest BCUT2D eigenvalue weighted by molar-refractivity contribution is 0.0641. The summed E-state index contributed by atoms with van der Waals surface area (Å²) in [4.78, 5) is 12.2. The van der Waals surface area contributed by atoms with E-state index in [0.29, 0.717) is 32.3 Å². The van der Waals surface area contributed by atoms with Crippen LogP contribution in [0.3, 0.4) is 0 Å². The van der Waals surface area contributed by atoms with E-state index in [1.807, 2.05) is 18.2 Å². The summed E-state index contributed by atoms with van der Waals surface area (Å²) in [5.41, 5.74) is 0.742. The third-order valence-electron chi connectivity index (χ3n) is 5.36. The number of fused-ring (bicyclic) bond motifs is 1. The Labute approximate surface area is 174 Å². The molecule has 0 atom stereocenters. The Morgan fingerprint density at radius 3 is 2.80 bits per heavy atom. The third kappa shape index (κ3) is 5.04. The van der Waals surface area contributed by atoms with Crippen molar-refractivity contribution in [2.24, 2.45) is 5.92 Å². The standard InChI is InChI=1S/C23H25FN2O4/c24-21-20(30-26-22(21)23(27)25-14-16-7-10-28-11-8-16)9-12-29-15-17-5-6-18-3-1-2-4-19(18)13-17/h1-6,13,16H,7-12,14-15H2,(H,25,27). The van der Waals surface area contributed by atoms with Crippen LogP contribution < -0.4 is 5.32 Å². The van der Waals surface area contributed by atoms with Crippen molar-refractivity contribution in [3.8, 4) is 0 Å². The number of benzene rings is 2. The van der Waals surface area contributed by atoms with Crippen molar-refractivity contribution in [1.29, 1.82) is 0 Å². The molecular formula is C23H25FN2O4. The fourth-order valence-corrected chi connectivity index (χ4v) is 3.56. The van der Waals surface area contributed by atoms with E-state index in [4.69, 9.17) is 14.0 Å². The summed E-state index contributed by atoms with van der Waals surface area (Å²) in [7, 11) is 0. The van der Waals surface area contributed by atoms with Crippen LogP contribution in [0, 0.1) is 11.7 Å². The van der Waals surface area contributed by atoms with Crippen molar-refractivity contribution < 1.29 is 23.2 Å². The molecule has 1 amide bonds. The average molecular weight is 412 g/mol. The molecule has 4 rings (SSSR count). The van der Waals surface area contributed by atoms with E-state index in [1.54, 1.807) is 0 Å². The monoisotopic (exact) mass is 412 g/mol. The van der Waals surface area contributed by atoms with Crippen molar-refractivity contribution in [2.45, 2.75) is 25.9 Å². The maximum absolute atomic E-state index is 14.5. The van der Waals surface area contributed by atoms with Gasteiger partial charge in [0, 0.05) is 26.2 Å². The van der Waals surface area contributed by atoms with E-state index >= 15 is 0 Å². The Hall–Kier alpha value is -2.77. The molecule has 7 heteroatoms. The summed E-state index contributed by atoms with van der Waals surface area (Å²) in [6.07, 6.45) is 1.99. The van der Waals surface area contributed by atoms with Crippen LogP contribution in [-0.2, 0) is 22.5 Å². The number of nitrogens with one attached hydrogen (secondary N) is 1. The van der Waals surface area contributed by atoms with E-state index in [9.17, 15) is 9.18 Å². The number of aromatic nitrogens is 1. The summed E-state index contributed by atoms with van der Waals surface area (Å²) in [5, 5.41) is 8.67. The van der Waals surface area contributed by atoms with Gasteiger partial charge >= 0.3 is 0 Å². The van der Waals surface area contributed by atoms with Crippen molar-refractivity contribution in [3.63, 3.8) is 0 Å². The van der Waals surface area contributed by atoms with Crippen molar-refractivity contribution in [3.05, 3.63) is 65.3 Å². The molecule has 2 aromatic carbocycles. The molecule has 1 aliphatic rings. The fourth-order valence-electron chi connectivity index (χ4n) is 3.56. The lowest BCUT2D eigenvalue weighted by Gasteiger charge is -2.21. The van der Waals surface area contributed by atoms with E-state index in [1.165, 1.54) is 5.39 Å². The molecule has 3 aromatic rings. The minimum Gasteiger partial charge on any atom is -0.381 e. The van der Waals surface area contributed by atoms with E-state index in [0.717, 1.165) is 23.8 Å². The summed E-state index contributed by atoms with van der Waals surface area (Å²) in [6.45, 7) is 2.56. The van der Waals surface area contributed by atoms with Crippen LogP contribution in [0.1, 0.15) is 34.7 Å². The quantitative estimate of drug-likeness (QED) is 0.569. The van der Waals surface area contributed by atoms with Crippen LogP contribution in [0.5, 0.6) is 0 Å². The molecule has 6 nitrogen and oxygen atoms in total. The first-order valence-electron chi connectivity index (χ1n) is 10.3. The first-order chi connectivity index (χ1) is 14.7. The maximum Gasteiger partial charge on any atom is 0.276 e. The van der Waals surface area contributed by atoms with Gasteiger partial charge in [0.2, 0.25) is 5.69 Å². The fraction of sp³-hybridized carbons (Fsp3) is 0.391. The zero-order valence-corrected chi connectivity index (χ0v) is 16.7. The van der Waals surface area contributed by atoms with Crippen LogP contribution in [0.4, 0.5) is 4.39 Å². The second-order valence-corrected chi connectivity index (χ2v) is 7.52. The molecule has 1 saturated heterocycles. The Bertz CT molecular complexity index is 998. The number of hydrogen-bond acceptors (Lipinski definition) is 5. The van der Waals surface area contributed by atoms with E-state index in [-0.39, 0.29) is 24.5 Å². The van der Waals surface area contributed by atoms with E-state index < -0.39 is 11.7 Å². The van der Waals surface area contributed by atoms with Crippen LogP contribution >= 0.6 is 0 Å². The molecule has 0 bridgehead atoms. The molecule has 1 fully saturated rings. The molecule has 2 heterocycles. The van der Waals surface area contributed by atoms with Gasteiger partial charge in [-0.1, -0.05) is 41.6 Å². The highest BCUT2D eigenvalue weighted by molar-refractivity contribution is 5.92. The summed E-state index contributed by atoms with van der Waals surface area (Å²) in [6, 6.07) is 14.3. The molecule has 1 N–H and O–H groups in total. The minimum absolute atomic E-state index is 0.0322. The number of rotatable bonds is 8. The van der Waals surface area contributed by atoms with E-state index in [2.05, 4.69) is 34.7 Å². The Kier molecular flexibility index (Phi) is 6.71. The first-order valence-corrected chi connectivity index (χ1v) is 10.3. The van der Waals surface area contributed by atoms with Crippen LogP contribution in [0.15, 0.2) is 47.0 Å². The molecule has 30 heavy (non-hydrogen) atoms. The van der Waals surface area contributed by atoms with Gasteiger partial charge < -0.3 is 19.3 Å². The van der Waals surface area contributed by atoms with Gasteiger partial charge in [0.1, 0.15) is 0 Å². The molecule has 1 aromatic heterocycles. The predicted octanol–water partition coefficient (Wildman–Crippen LogP) is 3.88. The highest BCUT2D eigenvalue weighted by Crippen LogP contribution is 2.18. The van der Waals surface area contributed by atoms with Gasteiger partial charge in [0.05, 0.1) is 13.2 Å². The second-order valence-electron chi connectivity index (χ2n) is 7.52. The zero-order valence-electron chi connectivity index (χ0n) is 16.7. The summed E-state index contributed by atoms with van der Waals surface area (Å²) >= 11 is 0. The molecule has 0 saturated carbocycles. The molecule has 0 spiro atoms. The number of hydrogen-bond donors (Lipinski definition) is 1. The van der Waals surface area contributed by atoms with Gasteiger partial charge in [-0.3, -0.25) is 4.79 Å². The predicted molar refractivity (Wildman–Crippen MR) is 110 cm³/mol. The summed E-state index contributed by atoms with van der Waals surface area (Å²) in [5.74, 6) is -0.884. The Balaban J connectivity index is 1.24. The Morgan fingerprint density at radius 2 is 1.97 bits per heavy atom. The average Bonchev–Trinajstić information content (AvgIpc) is 3.16. The molecule has 0 unspecified atom stereocenters. The van der Waals surface area contributed by atoms with Gasteiger partial charge in [-0.05, 0) is 41.2 Å². The third-order valence-corrected chi connectivity index (χ3v) is 5.36. The largest absolute Gasteiger partial charge is 0.381 e. The minimum atomic E-state index is -0.714. The van der Waals surface area contributed by atoms with Crippen LogP contribution in [0.2, 0.25) is 0 Å². The topological polar surface area (TPSA) is 73.6 Å². The number of nitrogens with zero attached hydrogens (tertiary/aromatic N) is 1. The van der Waals surface area contributed by atoms with Gasteiger partial charge in [-0.25, -0.2) is 4.39 Å². The van der Waals surface area contributed by atoms with Crippen molar-refractivity contribution in [2.75, 3.05) is 26.4 Å². The number of halogens is 1. The lowest BCUT2D eigenvalue weighted by atomic mass is 10.0. The molecule has 1 aliphatic heterocycles. The van der Waals surface area contributed by atoms with Crippen LogP contribution in [0.25, 0.3) is 10.8 Å². The second kappa shape index (κ2) is 9.82. The maximum atomic E-state index is 14.5. The zero-order chi connectivity index (χ0) is 20.8. The van der Waals surface area contributed by atoms with Gasteiger partial charge in [-0.2, -0.15) is 0 Å². The smallest absolute Gasteiger partial charge is 0.276 e. The molecule has 158 valence electrons. The molecule has 0 radical (unpaired) electrons. The normalized spacial score (nSPS) is 14.8. The molecular weight excluding hydrogens is 387 g/mol. The number of carbonyl (C=O) groups excluding carboxylic acids is 1. The first kappa shape index (κ1) is 20.5. The highest BCUT2D eigenvalue weighted by atomic mass is 19.1. The number of ether oxygens (including phenoxy) is 2. The van der Waals surface area contributed by atoms with Gasteiger partial charge in [0.15, 0.2) is 11.6 Å². The number of carbonyl (C=O) groups is 1. The van der Waals surface area contributed by atoms with Gasteiger partial charge in [-0.15, -0.1) is 0 Å². The highest BCUT2D eigenvalue weighted by Gasteiger charge is 2.23. The van der Waals surface area contributed by atoms with Crippen molar-refractivity contribution in [1.82, 2.24) is 10.5 Å². The van der Waals surface area contributed by atoms with Crippen LogP contribution in [-0.4, -0.2) is 37.4 Å². The number of amides is 1. The summed E-state index contributed by atoms with van der Waals surface area (Å²) < 4.78 is 30.5. The Morgan fingerprint density at radius 1 is 1.17 bits per heavy atom. The van der Waals surface area contributed by atoms with Gasteiger partial charge in [0.25, 0.3) is 5.91 Å². The SMILES string of the molecule is O=C(NCC1CCOCC1)c1noc(CCOCc2ccc3ccccc3c2)c1F. The lowest BCUT2D eigenvalue weighted by Crippen LogP contribution is -2.32. The molecule has 0 aliphatic carbocycles. The van der Waals surface area contributed by atoms with Crippen molar-refractivity contribution >= 4 is 16.7 Å².